The summed E-state index contributed by atoms with van der Waals surface area (Å²) in [7, 11) is 0. The van der Waals surface area contributed by atoms with E-state index < -0.39 is 0 Å². The molecule has 2 N–H and O–H groups in total. The second kappa shape index (κ2) is 9.52. The van der Waals surface area contributed by atoms with Crippen molar-refractivity contribution in [2.45, 2.75) is 38.5 Å². The van der Waals surface area contributed by atoms with E-state index in [0.717, 1.165) is 32.0 Å². The van der Waals surface area contributed by atoms with Crippen molar-refractivity contribution in [2.24, 2.45) is 4.99 Å². The van der Waals surface area contributed by atoms with E-state index in [9.17, 15) is 0 Å². The van der Waals surface area contributed by atoms with Crippen LogP contribution in [-0.4, -0.2) is 30.6 Å². The standard InChI is InChI=1S/C19H26N4S.HI/c1-3-20-18(21-12-9-17-22-13-15(2)24-17)23-14-19(10-11-19)16-7-5-4-6-8-16;/h4-8,13H,3,9-12,14H2,1-2H3,(H2,20,21,23);1H. The van der Waals surface area contributed by atoms with Gasteiger partial charge < -0.3 is 10.6 Å². The number of aromatic nitrogens is 1. The SMILES string of the molecule is CCNC(=NCC1(c2ccccc2)CC1)NCCc1ncc(C)s1.I. The van der Waals surface area contributed by atoms with Crippen molar-refractivity contribution >= 4 is 41.3 Å². The molecule has 2 aromatic rings. The summed E-state index contributed by atoms with van der Waals surface area (Å²) in [5, 5.41) is 7.96. The maximum absolute atomic E-state index is 4.84. The summed E-state index contributed by atoms with van der Waals surface area (Å²) in [5.41, 5.74) is 1.68. The van der Waals surface area contributed by atoms with Crippen molar-refractivity contribution in [3.05, 3.63) is 52.0 Å². The van der Waals surface area contributed by atoms with Gasteiger partial charge in [0, 0.05) is 36.0 Å². The molecule has 0 amide bonds. The van der Waals surface area contributed by atoms with Gasteiger partial charge in [0.15, 0.2) is 5.96 Å². The van der Waals surface area contributed by atoms with Crippen LogP contribution in [-0.2, 0) is 11.8 Å². The van der Waals surface area contributed by atoms with Crippen molar-refractivity contribution in [1.29, 1.82) is 0 Å². The quantitative estimate of drug-likeness (QED) is 0.367. The van der Waals surface area contributed by atoms with Gasteiger partial charge in [-0.1, -0.05) is 30.3 Å². The van der Waals surface area contributed by atoms with Gasteiger partial charge in [-0.25, -0.2) is 4.98 Å². The minimum absolute atomic E-state index is 0. The van der Waals surface area contributed by atoms with Gasteiger partial charge in [-0.05, 0) is 32.3 Å². The van der Waals surface area contributed by atoms with Gasteiger partial charge in [-0.3, -0.25) is 4.99 Å². The first-order valence-electron chi connectivity index (χ1n) is 8.71. The number of rotatable bonds is 7. The molecule has 0 bridgehead atoms. The minimum atomic E-state index is 0. The van der Waals surface area contributed by atoms with Crippen molar-refractivity contribution in [2.75, 3.05) is 19.6 Å². The lowest BCUT2D eigenvalue weighted by molar-refractivity contribution is 0.692. The van der Waals surface area contributed by atoms with Gasteiger partial charge in [-0.2, -0.15) is 0 Å². The molecule has 1 saturated carbocycles. The van der Waals surface area contributed by atoms with Gasteiger partial charge in [0.1, 0.15) is 0 Å². The van der Waals surface area contributed by atoms with E-state index in [1.807, 2.05) is 6.20 Å². The first-order valence-corrected chi connectivity index (χ1v) is 9.52. The van der Waals surface area contributed by atoms with Crippen molar-refractivity contribution in [1.82, 2.24) is 15.6 Å². The molecular formula is C19H27IN4S. The second-order valence-corrected chi connectivity index (χ2v) is 7.70. The molecule has 6 heteroatoms. The summed E-state index contributed by atoms with van der Waals surface area (Å²) in [6.45, 7) is 6.78. The zero-order chi connectivity index (χ0) is 16.8. The summed E-state index contributed by atoms with van der Waals surface area (Å²) >= 11 is 1.77. The molecule has 0 atom stereocenters. The average Bonchev–Trinajstić information content (AvgIpc) is 3.29. The summed E-state index contributed by atoms with van der Waals surface area (Å²) in [6.07, 6.45) is 5.35. The predicted molar refractivity (Wildman–Crippen MR) is 117 cm³/mol. The van der Waals surface area contributed by atoms with E-state index in [0.29, 0.717) is 0 Å². The Morgan fingerprint density at radius 2 is 2.00 bits per heavy atom. The molecule has 1 aliphatic rings. The molecule has 1 heterocycles. The highest BCUT2D eigenvalue weighted by molar-refractivity contribution is 14.0. The number of guanidine groups is 1. The fraction of sp³-hybridized carbons (Fsp3) is 0.474. The molecule has 4 nitrogen and oxygen atoms in total. The Morgan fingerprint density at radius 3 is 2.60 bits per heavy atom. The fourth-order valence-corrected chi connectivity index (χ4v) is 3.64. The van der Waals surface area contributed by atoms with Crippen molar-refractivity contribution < 1.29 is 0 Å². The van der Waals surface area contributed by atoms with Crippen LogP contribution in [0.1, 0.15) is 35.2 Å². The van der Waals surface area contributed by atoms with Crippen LogP contribution in [0.25, 0.3) is 0 Å². The number of aliphatic imine (C=N–C) groups is 1. The Balaban J connectivity index is 0.00000225. The van der Waals surface area contributed by atoms with E-state index in [2.05, 4.69) is 59.8 Å². The van der Waals surface area contributed by atoms with Crippen LogP contribution >= 0.6 is 35.3 Å². The van der Waals surface area contributed by atoms with Crippen LogP contribution in [0.4, 0.5) is 0 Å². The van der Waals surface area contributed by atoms with Crippen LogP contribution < -0.4 is 10.6 Å². The molecule has 0 spiro atoms. The maximum Gasteiger partial charge on any atom is 0.191 e. The Bertz CT molecular complexity index is 680. The lowest BCUT2D eigenvalue weighted by atomic mass is 9.96. The molecule has 1 aliphatic carbocycles. The highest BCUT2D eigenvalue weighted by Gasteiger charge is 2.43. The number of hydrogen-bond acceptors (Lipinski definition) is 3. The molecule has 0 unspecified atom stereocenters. The number of benzene rings is 1. The van der Waals surface area contributed by atoms with Crippen molar-refractivity contribution in [3.63, 3.8) is 0 Å². The van der Waals surface area contributed by atoms with E-state index in [1.165, 1.54) is 28.3 Å². The number of aryl methyl sites for hydroxylation is 1. The first-order chi connectivity index (χ1) is 11.7. The van der Waals surface area contributed by atoms with Crippen LogP contribution in [0.3, 0.4) is 0 Å². The lowest BCUT2D eigenvalue weighted by Crippen LogP contribution is -2.39. The normalized spacial score (nSPS) is 15.4. The van der Waals surface area contributed by atoms with E-state index >= 15 is 0 Å². The summed E-state index contributed by atoms with van der Waals surface area (Å²) in [6, 6.07) is 10.8. The van der Waals surface area contributed by atoms with Gasteiger partial charge in [-0.15, -0.1) is 35.3 Å². The smallest absolute Gasteiger partial charge is 0.191 e. The number of thiazole rings is 1. The summed E-state index contributed by atoms with van der Waals surface area (Å²) in [5.74, 6) is 0.910. The summed E-state index contributed by atoms with van der Waals surface area (Å²) in [4.78, 5) is 10.5. The van der Waals surface area contributed by atoms with Gasteiger partial charge >= 0.3 is 0 Å². The largest absolute Gasteiger partial charge is 0.357 e. The third-order valence-corrected chi connectivity index (χ3v) is 5.40. The zero-order valence-electron chi connectivity index (χ0n) is 14.9. The molecule has 1 aromatic carbocycles. The van der Waals surface area contributed by atoms with Crippen LogP contribution in [0.15, 0.2) is 41.5 Å². The molecule has 136 valence electrons. The first kappa shape index (κ1) is 20.2. The molecule has 0 radical (unpaired) electrons. The molecule has 1 aromatic heterocycles. The average molecular weight is 470 g/mol. The maximum atomic E-state index is 4.84. The van der Waals surface area contributed by atoms with E-state index in [1.54, 1.807) is 11.3 Å². The summed E-state index contributed by atoms with van der Waals surface area (Å²) < 4.78 is 0. The fourth-order valence-electron chi connectivity index (χ4n) is 2.86. The molecule has 1 fully saturated rings. The van der Waals surface area contributed by atoms with Crippen LogP contribution in [0.2, 0.25) is 0 Å². The van der Waals surface area contributed by atoms with Crippen LogP contribution in [0, 0.1) is 6.92 Å². The highest BCUT2D eigenvalue weighted by atomic mass is 127. The van der Waals surface area contributed by atoms with E-state index in [4.69, 9.17) is 4.99 Å². The van der Waals surface area contributed by atoms with Gasteiger partial charge in [0.05, 0.1) is 11.6 Å². The monoisotopic (exact) mass is 470 g/mol. The Hall–Kier alpha value is -1.15. The number of halogens is 1. The molecular weight excluding hydrogens is 443 g/mol. The Labute approximate surface area is 171 Å². The molecule has 25 heavy (non-hydrogen) atoms. The second-order valence-electron chi connectivity index (χ2n) is 6.38. The number of hydrogen-bond donors (Lipinski definition) is 2. The van der Waals surface area contributed by atoms with E-state index in [-0.39, 0.29) is 29.4 Å². The van der Waals surface area contributed by atoms with Crippen molar-refractivity contribution in [3.8, 4) is 0 Å². The highest BCUT2D eigenvalue weighted by Crippen LogP contribution is 2.48. The predicted octanol–water partition coefficient (Wildman–Crippen LogP) is 3.90. The number of nitrogens with one attached hydrogen (secondary N) is 2. The lowest BCUT2D eigenvalue weighted by Gasteiger charge is -2.15. The van der Waals surface area contributed by atoms with Gasteiger partial charge in [0.2, 0.25) is 0 Å². The molecule has 3 rings (SSSR count). The molecule has 0 saturated heterocycles. The Morgan fingerprint density at radius 1 is 1.24 bits per heavy atom. The third kappa shape index (κ3) is 5.67. The minimum Gasteiger partial charge on any atom is -0.357 e. The van der Waals surface area contributed by atoms with Crippen LogP contribution in [0.5, 0.6) is 0 Å². The van der Waals surface area contributed by atoms with Gasteiger partial charge in [0.25, 0.3) is 0 Å². The topological polar surface area (TPSA) is 49.3 Å². The number of nitrogens with zero attached hydrogens (tertiary/aromatic N) is 2. The molecule has 0 aliphatic heterocycles. The zero-order valence-corrected chi connectivity index (χ0v) is 18.1. The Kier molecular flexibility index (Phi) is 7.68. The third-order valence-electron chi connectivity index (χ3n) is 4.42.